The van der Waals surface area contributed by atoms with Crippen molar-refractivity contribution >= 4 is 21.8 Å². The predicted molar refractivity (Wildman–Crippen MR) is 83.7 cm³/mol. The molecule has 0 atom stereocenters. The Morgan fingerprint density at radius 2 is 2.00 bits per heavy atom. The van der Waals surface area contributed by atoms with Gasteiger partial charge in [0.05, 0.1) is 0 Å². The van der Waals surface area contributed by atoms with E-state index in [1.807, 2.05) is 23.9 Å². The molecule has 1 amide bonds. The molecular weight excluding hydrogens is 316 g/mol. The molecule has 0 bridgehead atoms. The topological polar surface area (TPSA) is 25.2 Å². The molecule has 0 radical (unpaired) electrons. The maximum Gasteiger partial charge on any atom is 0.270 e. The Bertz CT molecular complexity index is 487. The van der Waals surface area contributed by atoms with Crippen LogP contribution < -0.4 is 0 Å². The Labute approximate surface area is 129 Å². The minimum absolute atomic E-state index is 0.214. The molecular formula is C16H23BrN2O. The van der Waals surface area contributed by atoms with Crippen LogP contribution in [-0.2, 0) is 7.05 Å². The van der Waals surface area contributed by atoms with Gasteiger partial charge in [0.15, 0.2) is 0 Å². The fourth-order valence-electron chi connectivity index (χ4n) is 3.32. The summed E-state index contributed by atoms with van der Waals surface area (Å²) in [6.07, 6.45) is 11.0. The van der Waals surface area contributed by atoms with Crippen molar-refractivity contribution in [2.24, 2.45) is 13.0 Å². The van der Waals surface area contributed by atoms with E-state index in [0.29, 0.717) is 6.04 Å². The quantitative estimate of drug-likeness (QED) is 0.815. The van der Waals surface area contributed by atoms with E-state index in [1.165, 1.54) is 44.9 Å². The number of hydrogen-bond donors (Lipinski definition) is 0. The van der Waals surface area contributed by atoms with Gasteiger partial charge in [0.25, 0.3) is 5.91 Å². The second-order valence-electron chi connectivity index (χ2n) is 6.35. The van der Waals surface area contributed by atoms with Crippen LogP contribution in [0.1, 0.15) is 55.4 Å². The van der Waals surface area contributed by atoms with Crippen molar-refractivity contribution in [1.29, 1.82) is 0 Å². The summed E-state index contributed by atoms with van der Waals surface area (Å²) in [4.78, 5) is 15.0. The van der Waals surface area contributed by atoms with Crippen molar-refractivity contribution in [3.63, 3.8) is 0 Å². The van der Waals surface area contributed by atoms with Gasteiger partial charge >= 0.3 is 0 Å². The van der Waals surface area contributed by atoms with Crippen LogP contribution in [0, 0.1) is 5.92 Å². The molecule has 1 aromatic heterocycles. The molecule has 3 rings (SSSR count). The third-order valence-corrected chi connectivity index (χ3v) is 5.05. The Morgan fingerprint density at radius 3 is 2.55 bits per heavy atom. The van der Waals surface area contributed by atoms with E-state index in [1.54, 1.807) is 0 Å². The first-order valence-corrected chi connectivity index (χ1v) is 8.57. The standard InChI is InChI=1S/C16H23BrN2O/c1-18-11-13(17)9-15(18)16(20)19(14-7-8-14)10-12-5-3-2-4-6-12/h9,11-12,14H,2-8,10H2,1H3. The number of halogens is 1. The molecule has 2 fully saturated rings. The maximum absolute atomic E-state index is 12.8. The molecule has 2 aliphatic rings. The van der Waals surface area contributed by atoms with Gasteiger partial charge < -0.3 is 9.47 Å². The Morgan fingerprint density at radius 1 is 1.30 bits per heavy atom. The molecule has 1 heterocycles. The van der Waals surface area contributed by atoms with Gasteiger partial charge in [0, 0.05) is 30.3 Å². The molecule has 1 aromatic rings. The first-order valence-electron chi connectivity index (χ1n) is 7.78. The molecule has 0 saturated heterocycles. The molecule has 4 heteroatoms. The zero-order chi connectivity index (χ0) is 14.1. The van der Waals surface area contributed by atoms with Gasteiger partial charge in [0.2, 0.25) is 0 Å². The first-order chi connectivity index (χ1) is 9.65. The fourth-order valence-corrected chi connectivity index (χ4v) is 3.84. The van der Waals surface area contributed by atoms with Gasteiger partial charge in [-0.2, -0.15) is 0 Å². The van der Waals surface area contributed by atoms with E-state index in [9.17, 15) is 4.79 Å². The van der Waals surface area contributed by atoms with E-state index < -0.39 is 0 Å². The average molecular weight is 339 g/mol. The van der Waals surface area contributed by atoms with Crippen molar-refractivity contribution in [2.75, 3.05) is 6.54 Å². The lowest BCUT2D eigenvalue weighted by Gasteiger charge is -2.30. The minimum atomic E-state index is 0.214. The smallest absolute Gasteiger partial charge is 0.270 e. The van der Waals surface area contributed by atoms with Crippen molar-refractivity contribution in [1.82, 2.24) is 9.47 Å². The van der Waals surface area contributed by atoms with Crippen LogP contribution in [0.5, 0.6) is 0 Å². The Balaban J connectivity index is 1.72. The molecule has 0 unspecified atom stereocenters. The van der Waals surface area contributed by atoms with Crippen LogP contribution in [0.15, 0.2) is 16.7 Å². The van der Waals surface area contributed by atoms with Gasteiger partial charge in [-0.3, -0.25) is 4.79 Å². The number of rotatable bonds is 4. The van der Waals surface area contributed by atoms with Crippen molar-refractivity contribution in [3.8, 4) is 0 Å². The number of nitrogens with zero attached hydrogens (tertiary/aromatic N) is 2. The van der Waals surface area contributed by atoms with E-state index >= 15 is 0 Å². The molecule has 3 nitrogen and oxygen atoms in total. The summed E-state index contributed by atoms with van der Waals surface area (Å²) in [5.41, 5.74) is 0.805. The summed E-state index contributed by atoms with van der Waals surface area (Å²) in [5.74, 6) is 0.934. The van der Waals surface area contributed by atoms with Gasteiger partial charge in [-0.15, -0.1) is 0 Å². The lowest BCUT2D eigenvalue weighted by molar-refractivity contribution is 0.0689. The minimum Gasteiger partial charge on any atom is -0.345 e. The normalized spacial score (nSPS) is 20.1. The number of amides is 1. The molecule has 110 valence electrons. The van der Waals surface area contributed by atoms with Crippen LogP contribution in [0.2, 0.25) is 0 Å². The first kappa shape index (κ1) is 14.2. The van der Waals surface area contributed by atoms with Gasteiger partial charge in [-0.05, 0) is 53.6 Å². The molecule has 2 aliphatic carbocycles. The zero-order valence-electron chi connectivity index (χ0n) is 12.1. The number of hydrogen-bond acceptors (Lipinski definition) is 1. The lowest BCUT2D eigenvalue weighted by atomic mass is 9.89. The van der Waals surface area contributed by atoms with Crippen LogP contribution in [0.3, 0.4) is 0 Å². The van der Waals surface area contributed by atoms with Crippen molar-refractivity contribution in [3.05, 3.63) is 22.4 Å². The van der Waals surface area contributed by atoms with Crippen LogP contribution in [0.4, 0.5) is 0 Å². The monoisotopic (exact) mass is 338 g/mol. The summed E-state index contributed by atoms with van der Waals surface area (Å²) in [7, 11) is 1.95. The second kappa shape index (κ2) is 5.92. The SMILES string of the molecule is Cn1cc(Br)cc1C(=O)N(CC1CCCCC1)C1CC1. The Kier molecular flexibility index (Phi) is 4.20. The van der Waals surface area contributed by atoms with Gasteiger partial charge in [0.1, 0.15) is 5.69 Å². The third-order valence-electron chi connectivity index (χ3n) is 4.62. The van der Waals surface area contributed by atoms with Gasteiger partial charge in [-0.1, -0.05) is 19.3 Å². The summed E-state index contributed by atoms with van der Waals surface area (Å²) in [6.45, 7) is 0.965. The van der Waals surface area contributed by atoms with Crippen molar-refractivity contribution < 1.29 is 4.79 Å². The number of aryl methyl sites for hydroxylation is 1. The highest BCUT2D eigenvalue weighted by Crippen LogP contribution is 2.32. The highest BCUT2D eigenvalue weighted by molar-refractivity contribution is 9.10. The Hall–Kier alpha value is -0.770. The van der Waals surface area contributed by atoms with E-state index in [-0.39, 0.29) is 5.91 Å². The summed E-state index contributed by atoms with van der Waals surface area (Å²) in [5, 5.41) is 0. The number of aromatic nitrogens is 1. The fraction of sp³-hybridized carbons (Fsp3) is 0.688. The summed E-state index contributed by atoms with van der Waals surface area (Å²) >= 11 is 3.46. The molecule has 0 N–H and O–H groups in total. The maximum atomic E-state index is 12.8. The lowest BCUT2D eigenvalue weighted by Crippen LogP contribution is -2.38. The van der Waals surface area contributed by atoms with Crippen LogP contribution in [-0.4, -0.2) is 28.0 Å². The molecule has 0 aliphatic heterocycles. The van der Waals surface area contributed by atoms with Crippen molar-refractivity contribution in [2.45, 2.75) is 51.0 Å². The predicted octanol–water partition coefficient (Wildman–Crippen LogP) is 3.97. The van der Waals surface area contributed by atoms with Crippen LogP contribution in [0.25, 0.3) is 0 Å². The summed E-state index contributed by atoms with van der Waals surface area (Å²) in [6, 6.07) is 2.44. The molecule has 2 saturated carbocycles. The van der Waals surface area contributed by atoms with E-state index in [4.69, 9.17) is 0 Å². The highest BCUT2D eigenvalue weighted by Gasteiger charge is 2.35. The van der Waals surface area contributed by atoms with Crippen LogP contribution >= 0.6 is 15.9 Å². The number of carbonyl (C=O) groups is 1. The second-order valence-corrected chi connectivity index (χ2v) is 7.26. The van der Waals surface area contributed by atoms with Gasteiger partial charge in [-0.25, -0.2) is 0 Å². The molecule has 0 spiro atoms. The van der Waals surface area contributed by atoms with E-state index in [0.717, 1.165) is 22.6 Å². The average Bonchev–Trinajstić information content (AvgIpc) is 3.22. The molecule has 20 heavy (non-hydrogen) atoms. The van der Waals surface area contributed by atoms with E-state index in [2.05, 4.69) is 20.8 Å². The largest absolute Gasteiger partial charge is 0.345 e. The molecule has 0 aromatic carbocycles. The summed E-state index contributed by atoms with van der Waals surface area (Å²) < 4.78 is 2.92. The third kappa shape index (κ3) is 3.11. The number of carbonyl (C=O) groups excluding carboxylic acids is 1. The zero-order valence-corrected chi connectivity index (χ0v) is 13.7. The highest BCUT2D eigenvalue weighted by atomic mass is 79.9.